The van der Waals surface area contributed by atoms with E-state index in [1.54, 1.807) is 0 Å². The van der Waals surface area contributed by atoms with Crippen molar-refractivity contribution in [1.29, 1.82) is 0 Å². The number of carbonyl (C=O) groups is 3. The van der Waals surface area contributed by atoms with Gasteiger partial charge in [0.15, 0.2) is 0 Å². The molecule has 0 aromatic rings. The lowest BCUT2D eigenvalue weighted by Crippen LogP contribution is -2.02. The van der Waals surface area contributed by atoms with Crippen molar-refractivity contribution in [2.45, 2.75) is 0 Å². The maximum atomic E-state index is 9.41. The molecule has 0 aromatic carbocycles. The first-order valence-corrected chi connectivity index (χ1v) is 2.05. The van der Waals surface area contributed by atoms with Gasteiger partial charge in [-0.2, -0.15) is 0 Å². The Morgan fingerprint density at radius 3 is 1.56 bits per heavy atom. The van der Waals surface area contributed by atoms with Gasteiger partial charge in [-0.05, 0) is 0 Å². The van der Waals surface area contributed by atoms with Crippen LogP contribution in [0.5, 0.6) is 0 Å². The third-order valence-corrected chi connectivity index (χ3v) is 0.374. The van der Waals surface area contributed by atoms with Crippen molar-refractivity contribution in [3.8, 4) is 0 Å². The molecular formula is C3H4O5S. The zero-order valence-electron chi connectivity index (χ0n) is 4.14. The standard InChI is InChI=1S/C2H2O3S.CH2O2/c3-1(4)2(5)6;2-1-3/h(H,3,4)(H,5,6);1H,(H,2,3). The second-order valence-corrected chi connectivity index (χ2v) is 1.12. The molecule has 5 nitrogen and oxygen atoms in total. The summed E-state index contributed by atoms with van der Waals surface area (Å²) >= 11 is 2.95. The number of rotatable bonds is 1. The average molecular weight is 152 g/mol. The van der Waals surface area contributed by atoms with Crippen molar-refractivity contribution >= 4 is 30.2 Å². The molecule has 0 unspecified atom stereocenters. The molecule has 0 radical (unpaired) electrons. The highest BCUT2D eigenvalue weighted by Crippen LogP contribution is 1.73. The number of aliphatic carboxylic acids is 1. The van der Waals surface area contributed by atoms with Gasteiger partial charge in [0.1, 0.15) is 0 Å². The van der Waals surface area contributed by atoms with E-state index in [4.69, 9.17) is 15.0 Å². The molecule has 0 heterocycles. The van der Waals surface area contributed by atoms with Gasteiger partial charge >= 0.3 is 5.97 Å². The van der Waals surface area contributed by atoms with Crippen LogP contribution in [0.1, 0.15) is 0 Å². The maximum absolute atomic E-state index is 9.41. The first kappa shape index (κ1) is 10.9. The Labute approximate surface area is 55.7 Å². The van der Waals surface area contributed by atoms with E-state index in [0.29, 0.717) is 0 Å². The third kappa shape index (κ3) is 19.5. The van der Waals surface area contributed by atoms with Crippen LogP contribution in [0.3, 0.4) is 0 Å². The summed E-state index contributed by atoms with van der Waals surface area (Å²) in [5, 5.41) is 13.3. The Balaban J connectivity index is 0. The Hall–Kier alpha value is -1.04. The zero-order valence-corrected chi connectivity index (χ0v) is 5.04. The van der Waals surface area contributed by atoms with Gasteiger partial charge in [0.25, 0.3) is 11.6 Å². The highest BCUT2D eigenvalue weighted by molar-refractivity contribution is 7.98. The van der Waals surface area contributed by atoms with Crippen molar-refractivity contribution in [2.24, 2.45) is 0 Å². The Kier molecular flexibility index (Phi) is 8.39. The molecule has 0 bridgehead atoms. The summed E-state index contributed by atoms with van der Waals surface area (Å²) in [5.74, 6) is -1.52. The summed E-state index contributed by atoms with van der Waals surface area (Å²) < 4.78 is 0. The molecule has 52 valence electrons. The summed E-state index contributed by atoms with van der Waals surface area (Å²) in [6.45, 7) is -0.250. The minimum absolute atomic E-state index is 0.250. The number of carbonyl (C=O) groups excluding carboxylic acids is 1. The highest BCUT2D eigenvalue weighted by Gasteiger charge is 2.00. The normalized spacial score (nSPS) is 6.33. The van der Waals surface area contributed by atoms with E-state index in [1.165, 1.54) is 0 Å². The maximum Gasteiger partial charge on any atom is 0.383 e. The zero-order chi connectivity index (χ0) is 7.86. The third-order valence-electron chi connectivity index (χ3n) is 0.183. The van der Waals surface area contributed by atoms with Crippen LogP contribution in [-0.2, 0) is 14.4 Å². The fourth-order valence-electron chi connectivity index (χ4n) is 0. The topological polar surface area (TPSA) is 91.7 Å². The van der Waals surface area contributed by atoms with E-state index in [2.05, 4.69) is 12.6 Å². The van der Waals surface area contributed by atoms with Crippen LogP contribution in [0.2, 0.25) is 0 Å². The molecule has 0 fully saturated rings. The SMILES string of the molecule is O=C(O)C(=O)S.O=CO. The summed E-state index contributed by atoms with van der Waals surface area (Å²) in [6, 6.07) is 0. The van der Waals surface area contributed by atoms with Gasteiger partial charge in [-0.15, -0.1) is 0 Å². The van der Waals surface area contributed by atoms with Crippen LogP contribution >= 0.6 is 12.6 Å². The van der Waals surface area contributed by atoms with Crippen LogP contribution in [0.25, 0.3) is 0 Å². The second-order valence-electron chi connectivity index (χ2n) is 0.716. The fourth-order valence-corrected chi connectivity index (χ4v) is 0. The van der Waals surface area contributed by atoms with Crippen molar-refractivity contribution in [3.63, 3.8) is 0 Å². The first-order valence-electron chi connectivity index (χ1n) is 1.60. The average Bonchev–Trinajstić information content (AvgIpc) is 1.68. The van der Waals surface area contributed by atoms with E-state index < -0.39 is 11.1 Å². The molecular weight excluding hydrogens is 148 g/mol. The lowest BCUT2D eigenvalue weighted by atomic mass is 10.8. The largest absolute Gasteiger partial charge is 0.483 e. The highest BCUT2D eigenvalue weighted by atomic mass is 32.1. The molecule has 0 amide bonds. The van der Waals surface area contributed by atoms with E-state index in [9.17, 15) is 9.59 Å². The predicted octanol–water partition coefficient (Wildman–Crippen LogP) is -0.772. The Morgan fingerprint density at radius 2 is 1.56 bits per heavy atom. The minimum atomic E-state index is -1.52. The summed E-state index contributed by atoms with van der Waals surface area (Å²) in [4.78, 5) is 27.0. The van der Waals surface area contributed by atoms with Crippen LogP contribution in [0.4, 0.5) is 0 Å². The quantitative estimate of drug-likeness (QED) is 0.260. The molecule has 0 aliphatic carbocycles. The number of carboxylic acids is 1. The van der Waals surface area contributed by atoms with Gasteiger partial charge < -0.3 is 10.2 Å². The van der Waals surface area contributed by atoms with Crippen molar-refractivity contribution in [1.82, 2.24) is 0 Å². The molecule has 0 aliphatic heterocycles. The first-order chi connectivity index (χ1) is 4.06. The molecule has 0 aromatic heterocycles. The second kappa shape index (κ2) is 6.96. The van der Waals surface area contributed by atoms with Crippen molar-refractivity contribution in [3.05, 3.63) is 0 Å². The lowest BCUT2D eigenvalue weighted by molar-refractivity contribution is -0.144. The lowest BCUT2D eigenvalue weighted by Gasteiger charge is -1.72. The van der Waals surface area contributed by atoms with Crippen LogP contribution in [-0.4, -0.2) is 27.8 Å². The number of hydrogen-bond acceptors (Lipinski definition) is 3. The Morgan fingerprint density at radius 1 is 1.44 bits per heavy atom. The smallest absolute Gasteiger partial charge is 0.383 e. The molecule has 0 saturated heterocycles. The van der Waals surface area contributed by atoms with Crippen LogP contribution in [0, 0.1) is 0 Å². The molecule has 0 saturated carbocycles. The van der Waals surface area contributed by atoms with Gasteiger partial charge in [0, 0.05) is 0 Å². The summed E-state index contributed by atoms with van der Waals surface area (Å²) in [7, 11) is 0. The number of carboxylic acid groups (broad SMARTS) is 2. The van der Waals surface area contributed by atoms with Crippen molar-refractivity contribution in [2.75, 3.05) is 0 Å². The van der Waals surface area contributed by atoms with Gasteiger partial charge in [-0.1, -0.05) is 12.6 Å². The molecule has 0 aliphatic rings. The minimum Gasteiger partial charge on any atom is -0.483 e. The molecule has 2 N–H and O–H groups in total. The van der Waals surface area contributed by atoms with Gasteiger partial charge in [0.05, 0.1) is 0 Å². The van der Waals surface area contributed by atoms with Crippen LogP contribution < -0.4 is 0 Å². The molecule has 0 rings (SSSR count). The molecule has 0 atom stereocenters. The number of hydrogen-bond donors (Lipinski definition) is 3. The van der Waals surface area contributed by atoms with E-state index >= 15 is 0 Å². The Bertz CT molecular complexity index is 107. The molecule has 9 heavy (non-hydrogen) atoms. The monoisotopic (exact) mass is 152 g/mol. The predicted molar refractivity (Wildman–Crippen MR) is 30.3 cm³/mol. The molecule has 6 heteroatoms. The van der Waals surface area contributed by atoms with E-state index in [-0.39, 0.29) is 6.47 Å². The van der Waals surface area contributed by atoms with Crippen LogP contribution in [0.15, 0.2) is 0 Å². The summed E-state index contributed by atoms with van der Waals surface area (Å²) in [6.07, 6.45) is 0. The summed E-state index contributed by atoms with van der Waals surface area (Å²) in [5.41, 5.74) is 0. The number of thiol groups is 1. The van der Waals surface area contributed by atoms with E-state index in [0.717, 1.165) is 0 Å². The van der Waals surface area contributed by atoms with E-state index in [1.807, 2.05) is 0 Å². The van der Waals surface area contributed by atoms with Gasteiger partial charge in [-0.25, -0.2) is 4.79 Å². The van der Waals surface area contributed by atoms with Gasteiger partial charge in [-0.3, -0.25) is 9.59 Å². The van der Waals surface area contributed by atoms with Gasteiger partial charge in [0.2, 0.25) is 0 Å². The van der Waals surface area contributed by atoms with Crippen molar-refractivity contribution < 1.29 is 24.6 Å². The fraction of sp³-hybridized carbons (Fsp3) is 0. The molecule has 0 spiro atoms.